The first-order chi connectivity index (χ1) is 7.56. The van der Waals surface area contributed by atoms with Gasteiger partial charge in [-0.05, 0) is 24.7 Å². The summed E-state index contributed by atoms with van der Waals surface area (Å²) in [6.45, 7) is 8.07. The van der Waals surface area contributed by atoms with Crippen LogP contribution in [0.15, 0.2) is 12.7 Å². The number of hydrogen-bond donors (Lipinski definition) is 2. The Balaban J connectivity index is 2.46. The number of carbonyl (C=O) groups excluding carboxylic acids is 1. The predicted molar refractivity (Wildman–Crippen MR) is 66.9 cm³/mol. The van der Waals surface area contributed by atoms with Crippen molar-refractivity contribution in [1.29, 1.82) is 0 Å². The van der Waals surface area contributed by atoms with Gasteiger partial charge >= 0.3 is 0 Å². The van der Waals surface area contributed by atoms with E-state index in [0.717, 1.165) is 6.42 Å². The van der Waals surface area contributed by atoms with Gasteiger partial charge in [0.05, 0.1) is 6.04 Å². The van der Waals surface area contributed by atoms with Crippen LogP contribution in [0.1, 0.15) is 39.5 Å². The fourth-order valence-electron chi connectivity index (χ4n) is 2.36. The van der Waals surface area contributed by atoms with Crippen LogP contribution >= 0.6 is 0 Å². The molecule has 0 aromatic carbocycles. The van der Waals surface area contributed by atoms with Crippen molar-refractivity contribution in [2.75, 3.05) is 0 Å². The molecular formula is C13H24N2O. The van der Waals surface area contributed by atoms with Crippen LogP contribution in [0, 0.1) is 11.8 Å². The van der Waals surface area contributed by atoms with Crippen molar-refractivity contribution in [2.24, 2.45) is 17.6 Å². The number of nitrogens with two attached hydrogens (primary N) is 1. The first-order valence-corrected chi connectivity index (χ1v) is 6.23. The molecule has 0 aromatic heterocycles. The Morgan fingerprint density at radius 2 is 2.25 bits per heavy atom. The average molecular weight is 224 g/mol. The van der Waals surface area contributed by atoms with Gasteiger partial charge in [-0.1, -0.05) is 32.8 Å². The number of amides is 1. The lowest BCUT2D eigenvalue weighted by molar-refractivity contribution is -0.123. The van der Waals surface area contributed by atoms with Crippen molar-refractivity contribution in [3.63, 3.8) is 0 Å². The number of hydrogen-bond acceptors (Lipinski definition) is 2. The molecule has 3 nitrogen and oxygen atoms in total. The first kappa shape index (κ1) is 13.2. The van der Waals surface area contributed by atoms with Gasteiger partial charge < -0.3 is 11.1 Å². The van der Waals surface area contributed by atoms with Crippen LogP contribution in [-0.2, 0) is 4.79 Å². The molecule has 0 saturated heterocycles. The summed E-state index contributed by atoms with van der Waals surface area (Å²) in [5.41, 5.74) is 5.74. The Labute approximate surface area is 98.5 Å². The molecule has 1 rings (SSSR count). The zero-order valence-corrected chi connectivity index (χ0v) is 10.4. The third-order valence-electron chi connectivity index (χ3n) is 3.79. The molecule has 0 radical (unpaired) electrons. The van der Waals surface area contributed by atoms with E-state index in [1.807, 2.05) is 0 Å². The Morgan fingerprint density at radius 1 is 1.56 bits per heavy atom. The maximum absolute atomic E-state index is 11.8. The van der Waals surface area contributed by atoms with E-state index in [2.05, 4.69) is 25.7 Å². The van der Waals surface area contributed by atoms with Crippen molar-refractivity contribution in [3.8, 4) is 0 Å². The van der Waals surface area contributed by atoms with E-state index in [1.165, 1.54) is 12.8 Å². The summed E-state index contributed by atoms with van der Waals surface area (Å²) >= 11 is 0. The second kappa shape index (κ2) is 6.04. The molecule has 4 unspecified atom stereocenters. The van der Waals surface area contributed by atoms with E-state index in [1.54, 1.807) is 6.08 Å². The van der Waals surface area contributed by atoms with Gasteiger partial charge in [-0.15, -0.1) is 6.58 Å². The minimum Gasteiger partial charge on any atom is -0.352 e. The molecule has 0 aliphatic heterocycles. The standard InChI is InChI=1S/C13H24N2O/c1-4-6-11(14)13(16)15-12-8-5-7-9(2)10(12)3/h4,9-12H,1,5-8,14H2,2-3H3,(H,15,16). The smallest absolute Gasteiger partial charge is 0.237 e. The second-order valence-corrected chi connectivity index (χ2v) is 5.01. The molecule has 1 saturated carbocycles. The highest BCUT2D eigenvalue weighted by Crippen LogP contribution is 2.29. The van der Waals surface area contributed by atoms with Crippen molar-refractivity contribution >= 4 is 5.91 Å². The summed E-state index contributed by atoms with van der Waals surface area (Å²) in [6, 6.07) is -0.144. The van der Waals surface area contributed by atoms with E-state index in [0.29, 0.717) is 24.3 Å². The molecule has 1 amide bonds. The SMILES string of the molecule is C=CCC(N)C(=O)NC1CCCC(C)C1C. The summed E-state index contributed by atoms with van der Waals surface area (Å²) in [4.78, 5) is 11.8. The van der Waals surface area contributed by atoms with Gasteiger partial charge in [-0.2, -0.15) is 0 Å². The molecule has 92 valence electrons. The fraction of sp³-hybridized carbons (Fsp3) is 0.769. The highest BCUT2D eigenvalue weighted by molar-refractivity contribution is 5.81. The minimum atomic E-state index is -0.443. The topological polar surface area (TPSA) is 55.1 Å². The summed E-state index contributed by atoms with van der Waals surface area (Å²) in [7, 11) is 0. The van der Waals surface area contributed by atoms with Crippen LogP contribution < -0.4 is 11.1 Å². The van der Waals surface area contributed by atoms with Crippen LogP contribution in [0.2, 0.25) is 0 Å². The predicted octanol–water partition coefficient (Wildman–Crippen LogP) is 1.83. The molecule has 1 aliphatic rings. The van der Waals surface area contributed by atoms with Gasteiger partial charge in [0.15, 0.2) is 0 Å². The van der Waals surface area contributed by atoms with Crippen LogP contribution in [0.5, 0.6) is 0 Å². The Hall–Kier alpha value is -0.830. The lowest BCUT2D eigenvalue weighted by atomic mass is 9.78. The van der Waals surface area contributed by atoms with Crippen LogP contribution in [0.4, 0.5) is 0 Å². The first-order valence-electron chi connectivity index (χ1n) is 6.23. The third-order valence-corrected chi connectivity index (χ3v) is 3.79. The lowest BCUT2D eigenvalue weighted by Gasteiger charge is -2.35. The summed E-state index contributed by atoms with van der Waals surface area (Å²) in [6.07, 6.45) is 5.79. The van der Waals surface area contributed by atoms with Crippen molar-refractivity contribution in [3.05, 3.63) is 12.7 Å². The summed E-state index contributed by atoms with van der Waals surface area (Å²) in [5.74, 6) is 1.20. The van der Waals surface area contributed by atoms with E-state index in [9.17, 15) is 4.79 Å². The number of carbonyl (C=O) groups is 1. The molecule has 0 heterocycles. The molecule has 4 atom stereocenters. The minimum absolute atomic E-state index is 0.0362. The second-order valence-electron chi connectivity index (χ2n) is 5.01. The van der Waals surface area contributed by atoms with Crippen LogP contribution in [0.3, 0.4) is 0 Å². The number of rotatable bonds is 4. The monoisotopic (exact) mass is 224 g/mol. The zero-order chi connectivity index (χ0) is 12.1. The van der Waals surface area contributed by atoms with Gasteiger partial charge in [-0.3, -0.25) is 4.79 Å². The Kier molecular flexibility index (Phi) is 5.00. The molecule has 0 bridgehead atoms. The average Bonchev–Trinajstić information content (AvgIpc) is 2.25. The molecule has 1 aliphatic carbocycles. The van der Waals surface area contributed by atoms with Gasteiger partial charge in [-0.25, -0.2) is 0 Å². The molecular weight excluding hydrogens is 200 g/mol. The quantitative estimate of drug-likeness (QED) is 0.716. The highest BCUT2D eigenvalue weighted by Gasteiger charge is 2.28. The van der Waals surface area contributed by atoms with Crippen molar-refractivity contribution < 1.29 is 4.79 Å². The fourth-order valence-corrected chi connectivity index (χ4v) is 2.36. The lowest BCUT2D eigenvalue weighted by Crippen LogP contribution is -2.49. The molecule has 0 aromatic rings. The zero-order valence-electron chi connectivity index (χ0n) is 10.4. The van der Waals surface area contributed by atoms with Gasteiger partial charge in [0.1, 0.15) is 0 Å². The molecule has 3 N–H and O–H groups in total. The summed E-state index contributed by atoms with van der Waals surface area (Å²) in [5, 5.41) is 3.07. The normalized spacial score (nSPS) is 31.8. The van der Waals surface area contributed by atoms with E-state index < -0.39 is 6.04 Å². The Morgan fingerprint density at radius 3 is 2.88 bits per heavy atom. The van der Waals surface area contributed by atoms with E-state index >= 15 is 0 Å². The molecule has 3 heteroatoms. The summed E-state index contributed by atoms with van der Waals surface area (Å²) < 4.78 is 0. The van der Waals surface area contributed by atoms with Gasteiger partial charge in [0.25, 0.3) is 0 Å². The van der Waals surface area contributed by atoms with E-state index in [4.69, 9.17) is 5.73 Å². The van der Waals surface area contributed by atoms with Gasteiger partial charge in [0.2, 0.25) is 5.91 Å². The molecule has 1 fully saturated rings. The van der Waals surface area contributed by atoms with Crippen LogP contribution in [0.25, 0.3) is 0 Å². The van der Waals surface area contributed by atoms with Crippen molar-refractivity contribution in [2.45, 2.75) is 51.6 Å². The molecule has 0 spiro atoms. The van der Waals surface area contributed by atoms with E-state index in [-0.39, 0.29) is 5.91 Å². The third kappa shape index (κ3) is 3.34. The highest BCUT2D eigenvalue weighted by atomic mass is 16.2. The largest absolute Gasteiger partial charge is 0.352 e. The van der Waals surface area contributed by atoms with Crippen molar-refractivity contribution in [1.82, 2.24) is 5.32 Å². The maximum Gasteiger partial charge on any atom is 0.237 e. The molecule has 16 heavy (non-hydrogen) atoms. The number of nitrogens with one attached hydrogen (secondary N) is 1. The van der Waals surface area contributed by atoms with Gasteiger partial charge in [0, 0.05) is 6.04 Å². The van der Waals surface area contributed by atoms with Crippen LogP contribution in [-0.4, -0.2) is 18.0 Å². The Bertz CT molecular complexity index is 252. The maximum atomic E-state index is 11.8.